The summed E-state index contributed by atoms with van der Waals surface area (Å²) < 4.78 is 0. The van der Waals surface area contributed by atoms with Crippen LogP contribution in [0.3, 0.4) is 0 Å². The van der Waals surface area contributed by atoms with Crippen molar-refractivity contribution in [3.05, 3.63) is 65.2 Å². The van der Waals surface area contributed by atoms with Gasteiger partial charge in [-0.25, -0.2) is 0 Å². The number of hydrogen-bond acceptors (Lipinski definition) is 4. The molecule has 6 heteroatoms. The zero-order valence-corrected chi connectivity index (χ0v) is 16.4. The molecule has 1 atom stereocenters. The molecule has 1 unspecified atom stereocenters. The zero-order chi connectivity index (χ0) is 20.3. The lowest BCUT2D eigenvalue weighted by Gasteiger charge is -2.28. The van der Waals surface area contributed by atoms with Crippen molar-refractivity contribution in [2.75, 3.05) is 11.9 Å². The van der Waals surface area contributed by atoms with Gasteiger partial charge in [0.15, 0.2) is 0 Å². The van der Waals surface area contributed by atoms with E-state index in [2.05, 4.69) is 10.6 Å². The highest BCUT2D eigenvalue weighted by Crippen LogP contribution is 2.27. The van der Waals surface area contributed by atoms with Crippen LogP contribution >= 0.6 is 0 Å². The molecule has 0 spiro atoms. The van der Waals surface area contributed by atoms with E-state index in [-0.39, 0.29) is 11.8 Å². The number of rotatable bonds is 7. The van der Waals surface area contributed by atoms with E-state index in [0.29, 0.717) is 23.4 Å². The number of amides is 3. The third-order valence-corrected chi connectivity index (χ3v) is 4.78. The van der Waals surface area contributed by atoms with Crippen LogP contribution in [-0.4, -0.2) is 35.2 Å². The smallest absolute Gasteiger partial charge is 0.262 e. The average molecular weight is 379 g/mol. The SMILES string of the molecule is CCNCc1cccc(NC(=O)C(C(C)C)N2C(=O)c3ccccc3C2=O)c1. The van der Waals surface area contributed by atoms with Crippen molar-refractivity contribution in [3.8, 4) is 0 Å². The Kier molecular flexibility index (Phi) is 5.90. The van der Waals surface area contributed by atoms with Gasteiger partial charge in [-0.1, -0.05) is 45.0 Å². The molecular weight excluding hydrogens is 354 g/mol. The van der Waals surface area contributed by atoms with Crippen molar-refractivity contribution >= 4 is 23.4 Å². The van der Waals surface area contributed by atoms with Gasteiger partial charge in [-0.3, -0.25) is 19.3 Å². The molecule has 1 aliphatic rings. The van der Waals surface area contributed by atoms with Gasteiger partial charge >= 0.3 is 0 Å². The molecule has 28 heavy (non-hydrogen) atoms. The Hall–Kier alpha value is -2.99. The van der Waals surface area contributed by atoms with Crippen LogP contribution in [0.4, 0.5) is 5.69 Å². The Bertz CT molecular complexity index is 872. The topological polar surface area (TPSA) is 78.5 Å². The first kappa shape index (κ1) is 19.8. The highest BCUT2D eigenvalue weighted by atomic mass is 16.2. The van der Waals surface area contributed by atoms with Crippen molar-refractivity contribution in [2.45, 2.75) is 33.4 Å². The Labute approximate surface area is 164 Å². The second-order valence-electron chi connectivity index (χ2n) is 7.18. The van der Waals surface area contributed by atoms with Crippen molar-refractivity contribution in [1.82, 2.24) is 10.2 Å². The fourth-order valence-electron chi connectivity index (χ4n) is 3.42. The second kappa shape index (κ2) is 8.35. The molecule has 0 bridgehead atoms. The Morgan fingerprint density at radius 1 is 1.00 bits per heavy atom. The van der Waals surface area contributed by atoms with Crippen molar-refractivity contribution in [3.63, 3.8) is 0 Å². The van der Waals surface area contributed by atoms with Gasteiger partial charge in [0, 0.05) is 12.2 Å². The van der Waals surface area contributed by atoms with Crippen LogP contribution in [0.1, 0.15) is 47.1 Å². The predicted molar refractivity (Wildman–Crippen MR) is 108 cm³/mol. The van der Waals surface area contributed by atoms with Crippen LogP contribution in [0.5, 0.6) is 0 Å². The molecule has 1 heterocycles. The van der Waals surface area contributed by atoms with E-state index in [4.69, 9.17) is 0 Å². The minimum absolute atomic E-state index is 0.229. The number of anilines is 1. The van der Waals surface area contributed by atoms with E-state index >= 15 is 0 Å². The van der Waals surface area contributed by atoms with E-state index in [0.717, 1.165) is 17.0 Å². The van der Waals surface area contributed by atoms with Crippen LogP contribution in [0, 0.1) is 5.92 Å². The minimum Gasteiger partial charge on any atom is -0.324 e. The number of nitrogens with one attached hydrogen (secondary N) is 2. The summed E-state index contributed by atoms with van der Waals surface area (Å²) in [7, 11) is 0. The third kappa shape index (κ3) is 3.82. The van der Waals surface area contributed by atoms with Crippen molar-refractivity contribution in [2.24, 2.45) is 5.92 Å². The molecule has 1 aliphatic heterocycles. The summed E-state index contributed by atoms with van der Waals surface area (Å²) in [6, 6.07) is 13.3. The summed E-state index contributed by atoms with van der Waals surface area (Å²) in [5.41, 5.74) is 2.38. The van der Waals surface area contributed by atoms with Crippen molar-refractivity contribution in [1.29, 1.82) is 0 Å². The molecular formula is C22H25N3O3. The lowest BCUT2D eigenvalue weighted by atomic mass is 10.0. The summed E-state index contributed by atoms with van der Waals surface area (Å²) in [6.07, 6.45) is 0. The number of hydrogen-bond donors (Lipinski definition) is 2. The molecule has 146 valence electrons. The first-order valence-corrected chi connectivity index (χ1v) is 9.51. The van der Waals surface area contributed by atoms with E-state index < -0.39 is 17.9 Å². The first-order chi connectivity index (χ1) is 13.4. The molecule has 0 saturated heterocycles. The number of nitrogens with zero attached hydrogens (tertiary/aromatic N) is 1. The van der Waals surface area contributed by atoms with Crippen LogP contribution in [0.15, 0.2) is 48.5 Å². The molecule has 6 nitrogen and oxygen atoms in total. The summed E-state index contributed by atoms with van der Waals surface area (Å²) in [6.45, 7) is 7.24. The van der Waals surface area contributed by atoms with E-state index in [1.54, 1.807) is 30.3 Å². The normalized spacial score (nSPS) is 14.4. The lowest BCUT2D eigenvalue weighted by molar-refractivity contribution is -0.121. The molecule has 0 radical (unpaired) electrons. The van der Waals surface area contributed by atoms with Gasteiger partial charge in [0.05, 0.1) is 11.1 Å². The van der Waals surface area contributed by atoms with Crippen LogP contribution in [0.25, 0.3) is 0 Å². The number of imide groups is 1. The third-order valence-electron chi connectivity index (χ3n) is 4.78. The highest BCUT2D eigenvalue weighted by Gasteiger charge is 2.43. The van der Waals surface area contributed by atoms with E-state index in [9.17, 15) is 14.4 Å². The zero-order valence-electron chi connectivity index (χ0n) is 16.4. The van der Waals surface area contributed by atoms with E-state index in [1.807, 2.05) is 39.0 Å². The van der Waals surface area contributed by atoms with E-state index in [1.165, 1.54) is 0 Å². The predicted octanol–water partition coefficient (Wildman–Crippen LogP) is 3.06. The molecule has 0 saturated carbocycles. The maximum atomic E-state index is 13.0. The molecule has 0 aliphatic carbocycles. The molecule has 2 aromatic rings. The molecule has 2 aromatic carbocycles. The highest BCUT2D eigenvalue weighted by molar-refractivity contribution is 6.23. The van der Waals surface area contributed by atoms with Crippen LogP contribution in [-0.2, 0) is 11.3 Å². The summed E-state index contributed by atoms with van der Waals surface area (Å²) in [5.74, 6) is -1.44. The van der Waals surface area contributed by atoms with Crippen molar-refractivity contribution < 1.29 is 14.4 Å². The molecule has 3 amide bonds. The fourth-order valence-corrected chi connectivity index (χ4v) is 3.42. The quantitative estimate of drug-likeness (QED) is 0.725. The second-order valence-corrected chi connectivity index (χ2v) is 7.18. The van der Waals surface area contributed by atoms with Gasteiger partial charge < -0.3 is 10.6 Å². The molecule has 2 N–H and O–H groups in total. The maximum Gasteiger partial charge on any atom is 0.262 e. The largest absolute Gasteiger partial charge is 0.324 e. The number of carbonyl (C=O) groups excluding carboxylic acids is 3. The standard InChI is InChI=1S/C22H25N3O3/c1-4-23-13-15-8-7-9-16(12-15)24-20(26)19(14(2)3)25-21(27)17-10-5-6-11-18(17)22(25)28/h5-12,14,19,23H,4,13H2,1-3H3,(H,24,26). The van der Waals surface area contributed by atoms with Crippen LogP contribution in [0.2, 0.25) is 0 Å². The monoisotopic (exact) mass is 379 g/mol. The van der Waals surface area contributed by atoms with Gasteiger partial charge in [0.2, 0.25) is 5.91 Å². The minimum atomic E-state index is -0.884. The fraction of sp³-hybridized carbons (Fsp3) is 0.318. The van der Waals surface area contributed by atoms with Crippen LogP contribution < -0.4 is 10.6 Å². The Morgan fingerprint density at radius 3 is 2.21 bits per heavy atom. The Balaban J connectivity index is 1.83. The number of benzene rings is 2. The maximum absolute atomic E-state index is 13.0. The van der Waals surface area contributed by atoms with Gasteiger partial charge in [-0.05, 0) is 42.3 Å². The Morgan fingerprint density at radius 2 is 1.64 bits per heavy atom. The average Bonchev–Trinajstić information content (AvgIpc) is 2.92. The molecule has 3 rings (SSSR count). The first-order valence-electron chi connectivity index (χ1n) is 9.51. The summed E-state index contributed by atoms with van der Waals surface area (Å²) >= 11 is 0. The van der Waals surface area contributed by atoms with Gasteiger partial charge in [-0.2, -0.15) is 0 Å². The number of carbonyl (C=O) groups is 3. The van der Waals surface area contributed by atoms with Gasteiger partial charge in [-0.15, -0.1) is 0 Å². The van der Waals surface area contributed by atoms with Gasteiger partial charge in [0.1, 0.15) is 6.04 Å². The summed E-state index contributed by atoms with van der Waals surface area (Å²) in [4.78, 5) is 39.7. The molecule has 0 aromatic heterocycles. The lowest BCUT2D eigenvalue weighted by Crippen LogP contribution is -2.50. The summed E-state index contributed by atoms with van der Waals surface area (Å²) in [5, 5.41) is 6.11. The molecule has 0 fully saturated rings. The number of fused-ring (bicyclic) bond motifs is 1. The van der Waals surface area contributed by atoms with Gasteiger partial charge in [0.25, 0.3) is 11.8 Å².